The number of aryl methyl sites for hydroxylation is 1. The molecule has 0 unspecified atom stereocenters. The van der Waals surface area contributed by atoms with Crippen LogP contribution in [0.3, 0.4) is 0 Å². The van der Waals surface area contributed by atoms with Crippen LogP contribution < -0.4 is 9.47 Å². The van der Waals surface area contributed by atoms with Gasteiger partial charge in [-0.05, 0) is 73.6 Å². The predicted octanol–water partition coefficient (Wildman–Crippen LogP) is 8.32. The first-order chi connectivity index (χ1) is 18.0. The molecule has 0 radical (unpaired) electrons. The second-order valence-corrected chi connectivity index (χ2v) is 9.38. The van der Waals surface area contributed by atoms with Gasteiger partial charge < -0.3 is 9.47 Å². The summed E-state index contributed by atoms with van der Waals surface area (Å²) in [7, 11) is 0. The fourth-order valence-corrected chi connectivity index (χ4v) is 4.91. The van der Waals surface area contributed by atoms with E-state index in [9.17, 15) is 10.1 Å². The van der Waals surface area contributed by atoms with Gasteiger partial charge >= 0.3 is 0 Å². The fourth-order valence-electron chi connectivity index (χ4n) is 4.91. The van der Waals surface area contributed by atoms with Crippen LogP contribution in [0.2, 0.25) is 0 Å². The number of allylic oxidation sites excluding steroid dienone is 1. The number of benzene rings is 4. The normalized spacial score (nSPS) is 12.8. The Balaban J connectivity index is 1.51. The van der Waals surface area contributed by atoms with Crippen molar-refractivity contribution in [3.8, 4) is 17.2 Å². The third-order valence-electron chi connectivity index (χ3n) is 6.72. The van der Waals surface area contributed by atoms with Crippen molar-refractivity contribution in [2.45, 2.75) is 39.7 Å². The summed E-state index contributed by atoms with van der Waals surface area (Å²) in [5, 5.41) is 11.6. The molecule has 1 aliphatic rings. The third kappa shape index (κ3) is 5.41. The highest BCUT2D eigenvalue weighted by Gasteiger charge is 2.27. The number of nitrogens with zero attached hydrogens (tertiary/aromatic N) is 1. The molecule has 5 nitrogen and oxygen atoms in total. The molecule has 186 valence electrons. The summed E-state index contributed by atoms with van der Waals surface area (Å²) in [6.07, 6.45) is 4.51. The number of rotatable bonds is 8. The molecular formula is C32H29NO4. The SMILES string of the molecule is C/C(=C\c1ccccc1)c1cc(Oc2c(C)cc([N+](=O)[O-])c3c2CCC3)ccc1OCc1ccccc1. The van der Waals surface area contributed by atoms with Crippen molar-refractivity contribution >= 4 is 17.3 Å². The zero-order chi connectivity index (χ0) is 25.8. The lowest BCUT2D eigenvalue weighted by molar-refractivity contribution is -0.385. The number of hydrogen-bond acceptors (Lipinski definition) is 4. The van der Waals surface area contributed by atoms with Gasteiger partial charge in [0.05, 0.1) is 4.92 Å². The van der Waals surface area contributed by atoms with E-state index in [2.05, 4.69) is 25.1 Å². The molecule has 0 aliphatic heterocycles. The van der Waals surface area contributed by atoms with Crippen molar-refractivity contribution in [1.82, 2.24) is 0 Å². The first-order valence-corrected chi connectivity index (χ1v) is 12.5. The van der Waals surface area contributed by atoms with Crippen molar-refractivity contribution in [2.75, 3.05) is 0 Å². The van der Waals surface area contributed by atoms with Crippen LogP contribution in [0.15, 0.2) is 84.9 Å². The second-order valence-electron chi connectivity index (χ2n) is 9.38. The van der Waals surface area contributed by atoms with Gasteiger partial charge in [0.15, 0.2) is 0 Å². The zero-order valence-electron chi connectivity index (χ0n) is 21.1. The molecule has 4 aromatic rings. The van der Waals surface area contributed by atoms with Gasteiger partial charge in [0.2, 0.25) is 0 Å². The molecule has 0 spiro atoms. The monoisotopic (exact) mass is 491 g/mol. The van der Waals surface area contributed by atoms with E-state index in [1.165, 1.54) is 0 Å². The minimum Gasteiger partial charge on any atom is -0.488 e. The number of hydrogen-bond donors (Lipinski definition) is 0. The summed E-state index contributed by atoms with van der Waals surface area (Å²) in [6, 6.07) is 27.7. The Morgan fingerprint density at radius 3 is 2.38 bits per heavy atom. The number of fused-ring (bicyclic) bond motifs is 1. The summed E-state index contributed by atoms with van der Waals surface area (Å²) in [4.78, 5) is 11.3. The molecular weight excluding hydrogens is 462 g/mol. The Bertz CT molecular complexity index is 1460. The molecule has 5 rings (SSSR count). The van der Waals surface area contributed by atoms with E-state index in [4.69, 9.17) is 9.47 Å². The van der Waals surface area contributed by atoms with Gasteiger partial charge in [0, 0.05) is 22.8 Å². The highest BCUT2D eigenvalue weighted by Crippen LogP contribution is 2.42. The van der Waals surface area contributed by atoms with Crippen molar-refractivity contribution in [3.05, 3.63) is 128 Å². The average Bonchev–Trinajstić information content (AvgIpc) is 3.40. The van der Waals surface area contributed by atoms with E-state index in [1.54, 1.807) is 6.07 Å². The van der Waals surface area contributed by atoms with Crippen LogP contribution in [0.5, 0.6) is 17.2 Å². The van der Waals surface area contributed by atoms with Gasteiger partial charge in [-0.3, -0.25) is 10.1 Å². The highest BCUT2D eigenvalue weighted by atomic mass is 16.6. The molecule has 0 saturated heterocycles. The molecule has 0 N–H and O–H groups in total. The average molecular weight is 492 g/mol. The number of ether oxygens (including phenoxy) is 2. The summed E-state index contributed by atoms with van der Waals surface area (Å²) in [6.45, 7) is 4.40. The van der Waals surface area contributed by atoms with E-state index in [0.717, 1.165) is 63.3 Å². The zero-order valence-corrected chi connectivity index (χ0v) is 21.1. The van der Waals surface area contributed by atoms with Gasteiger partial charge in [-0.15, -0.1) is 0 Å². The van der Waals surface area contributed by atoms with E-state index >= 15 is 0 Å². The molecule has 0 aromatic heterocycles. The maximum Gasteiger partial charge on any atom is 0.273 e. The molecule has 37 heavy (non-hydrogen) atoms. The molecule has 0 saturated carbocycles. The molecule has 5 heteroatoms. The summed E-state index contributed by atoms with van der Waals surface area (Å²) in [5.41, 5.74) is 6.90. The molecule has 4 aromatic carbocycles. The Kier molecular flexibility index (Phi) is 7.04. The summed E-state index contributed by atoms with van der Waals surface area (Å²) in [5.74, 6) is 2.17. The van der Waals surface area contributed by atoms with Crippen molar-refractivity contribution in [2.24, 2.45) is 0 Å². The lowest BCUT2D eigenvalue weighted by atomic mass is 10.0. The first kappa shape index (κ1) is 24.3. The van der Waals surface area contributed by atoms with Gasteiger partial charge in [-0.25, -0.2) is 0 Å². The maximum atomic E-state index is 11.6. The second kappa shape index (κ2) is 10.7. The Morgan fingerprint density at radius 2 is 1.65 bits per heavy atom. The lowest BCUT2D eigenvalue weighted by Crippen LogP contribution is -2.01. The highest BCUT2D eigenvalue weighted by molar-refractivity contribution is 5.83. The standard InChI is InChI=1S/C32H29NO4/c1-22(18-24-10-5-3-6-11-24)29-20-26(16-17-31(29)36-21-25-12-7-4-8-13-25)37-32-23(2)19-30(33(34)35)27-14-9-15-28(27)32/h3-8,10-13,16-20H,9,14-15,21H2,1-2H3/b22-18+. The van der Waals surface area contributed by atoms with Crippen LogP contribution in [-0.4, -0.2) is 4.92 Å². The number of nitro benzene ring substituents is 1. The van der Waals surface area contributed by atoms with Crippen molar-refractivity contribution in [1.29, 1.82) is 0 Å². The molecule has 0 bridgehead atoms. The topological polar surface area (TPSA) is 61.6 Å². The van der Waals surface area contributed by atoms with E-state index in [-0.39, 0.29) is 10.6 Å². The van der Waals surface area contributed by atoms with Crippen LogP contribution in [-0.2, 0) is 19.4 Å². The number of nitro groups is 1. The van der Waals surface area contributed by atoms with Crippen LogP contribution >= 0.6 is 0 Å². The molecule has 0 heterocycles. The molecule has 0 amide bonds. The Labute approximate surface area is 217 Å². The Hall–Kier alpha value is -4.38. The predicted molar refractivity (Wildman–Crippen MR) is 147 cm³/mol. The minimum absolute atomic E-state index is 0.198. The van der Waals surface area contributed by atoms with Crippen LogP contribution in [0, 0.1) is 17.0 Å². The first-order valence-electron chi connectivity index (χ1n) is 12.5. The fraction of sp³-hybridized carbons (Fsp3) is 0.188. The molecule has 0 atom stereocenters. The van der Waals surface area contributed by atoms with Gasteiger partial charge in [0.25, 0.3) is 5.69 Å². The van der Waals surface area contributed by atoms with Gasteiger partial charge in [-0.1, -0.05) is 66.7 Å². The summed E-state index contributed by atoms with van der Waals surface area (Å²) >= 11 is 0. The molecule has 1 aliphatic carbocycles. The van der Waals surface area contributed by atoms with Gasteiger partial charge in [-0.2, -0.15) is 0 Å². The van der Waals surface area contributed by atoms with E-state index < -0.39 is 0 Å². The van der Waals surface area contributed by atoms with Gasteiger partial charge in [0.1, 0.15) is 23.9 Å². The van der Waals surface area contributed by atoms with E-state index in [1.807, 2.05) is 73.7 Å². The third-order valence-corrected chi connectivity index (χ3v) is 6.72. The molecule has 0 fully saturated rings. The van der Waals surface area contributed by atoms with Crippen molar-refractivity contribution < 1.29 is 14.4 Å². The minimum atomic E-state index is -0.282. The van der Waals surface area contributed by atoms with Crippen molar-refractivity contribution in [3.63, 3.8) is 0 Å². The van der Waals surface area contributed by atoms with Crippen LogP contribution in [0.25, 0.3) is 11.6 Å². The smallest absolute Gasteiger partial charge is 0.273 e. The van der Waals surface area contributed by atoms with Crippen LogP contribution in [0.4, 0.5) is 5.69 Å². The lowest BCUT2D eigenvalue weighted by Gasteiger charge is -2.17. The van der Waals surface area contributed by atoms with Crippen LogP contribution in [0.1, 0.15) is 46.7 Å². The Morgan fingerprint density at radius 1 is 0.946 bits per heavy atom. The van der Waals surface area contributed by atoms with E-state index in [0.29, 0.717) is 18.8 Å². The quantitative estimate of drug-likeness (QED) is 0.141. The summed E-state index contributed by atoms with van der Waals surface area (Å²) < 4.78 is 12.7. The maximum absolute atomic E-state index is 11.6. The largest absolute Gasteiger partial charge is 0.488 e.